The molecule has 0 atom stereocenters. The fraction of sp³-hybridized carbons (Fsp3) is 0. The zero-order valence-electron chi connectivity index (χ0n) is 23.4. The summed E-state index contributed by atoms with van der Waals surface area (Å²) in [5, 5.41) is 9.71. The second-order valence-corrected chi connectivity index (χ2v) is 11.3. The third kappa shape index (κ3) is 3.79. The predicted octanol–water partition coefficient (Wildman–Crippen LogP) is 12.0. The van der Waals surface area contributed by atoms with Crippen molar-refractivity contribution < 1.29 is 4.42 Å². The van der Waals surface area contributed by atoms with E-state index >= 15 is 0 Å². The minimum absolute atomic E-state index is 0.912. The number of hydrogen-bond acceptors (Lipinski definition) is 1. The first-order chi connectivity index (χ1) is 21.3. The van der Waals surface area contributed by atoms with Gasteiger partial charge in [-0.2, -0.15) is 0 Å². The van der Waals surface area contributed by atoms with Crippen molar-refractivity contribution in [2.24, 2.45) is 0 Å². The average molecular weight is 547 g/mol. The molecule has 1 heterocycles. The Morgan fingerprint density at radius 2 is 0.814 bits per heavy atom. The molecule has 0 unspecified atom stereocenters. The van der Waals surface area contributed by atoms with Crippen LogP contribution in [0.5, 0.6) is 0 Å². The minimum atomic E-state index is 0.912. The maximum atomic E-state index is 6.37. The molecule has 43 heavy (non-hydrogen) atoms. The highest BCUT2D eigenvalue weighted by atomic mass is 16.3. The normalized spacial score (nSPS) is 11.7. The Bertz CT molecular complexity index is 2480. The molecule has 1 nitrogen and oxygen atoms in total. The van der Waals surface area contributed by atoms with Crippen molar-refractivity contribution in [2.45, 2.75) is 0 Å². The molecule has 0 fully saturated rings. The first-order valence-electron chi connectivity index (χ1n) is 14.8. The van der Waals surface area contributed by atoms with Crippen LogP contribution in [-0.4, -0.2) is 0 Å². The van der Waals surface area contributed by atoms with Crippen LogP contribution >= 0.6 is 0 Å². The number of furan rings is 1. The van der Waals surface area contributed by atoms with Gasteiger partial charge in [0, 0.05) is 10.8 Å². The fourth-order valence-electron chi connectivity index (χ4n) is 6.83. The molecular weight excluding hydrogens is 520 g/mol. The van der Waals surface area contributed by atoms with Crippen LogP contribution in [0.1, 0.15) is 0 Å². The number of rotatable bonds is 3. The largest absolute Gasteiger partial charge is 0.456 e. The fourth-order valence-corrected chi connectivity index (χ4v) is 6.83. The second kappa shape index (κ2) is 9.44. The van der Waals surface area contributed by atoms with Crippen molar-refractivity contribution >= 4 is 54.3 Å². The molecule has 1 heteroatoms. The van der Waals surface area contributed by atoms with Crippen LogP contribution < -0.4 is 0 Å². The van der Waals surface area contributed by atoms with Crippen LogP contribution in [0.3, 0.4) is 0 Å². The lowest BCUT2D eigenvalue weighted by Crippen LogP contribution is -1.91. The third-order valence-corrected chi connectivity index (χ3v) is 8.82. The second-order valence-electron chi connectivity index (χ2n) is 11.3. The summed E-state index contributed by atoms with van der Waals surface area (Å²) in [6.45, 7) is 0. The van der Waals surface area contributed by atoms with Crippen LogP contribution in [0.25, 0.3) is 87.6 Å². The van der Waals surface area contributed by atoms with Gasteiger partial charge in [-0.3, -0.25) is 0 Å². The summed E-state index contributed by atoms with van der Waals surface area (Å²) in [7, 11) is 0. The Morgan fingerprint density at radius 3 is 1.56 bits per heavy atom. The maximum Gasteiger partial charge on any atom is 0.136 e. The predicted molar refractivity (Wildman–Crippen MR) is 183 cm³/mol. The minimum Gasteiger partial charge on any atom is -0.456 e. The monoisotopic (exact) mass is 546 g/mol. The molecular formula is C42H26O. The van der Waals surface area contributed by atoms with E-state index in [1.54, 1.807) is 0 Å². The van der Waals surface area contributed by atoms with E-state index in [4.69, 9.17) is 4.42 Å². The van der Waals surface area contributed by atoms with Gasteiger partial charge < -0.3 is 4.42 Å². The molecule has 9 rings (SSSR count). The van der Waals surface area contributed by atoms with Crippen LogP contribution in [0, 0.1) is 0 Å². The Balaban J connectivity index is 1.39. The van der Waals surface area contributed by atoms with Crippen molar-refractivity contribution in [3.05, 3.63) is 158 Å². The van der Waals surface area contributed by atoms with Crippen molar-refractivity contribution in [1.82, 2.24) is 0 Å². The van der Waals surface area contributed by atoms with Crippen LogP contribution in [0.15, 0.2) is 162 Å². The molecule has 0 N–H and O–H groups in total. The van der Waals surface area contributed by atoms with Gasteiger partial charge in [0.15, 0.2) is 0 Å². The van der Waals surface area contributed by atoms with E-state index in [1.165, 1.54) is 65.7 Å². The molecule has 1 aromatic heterocycles. The number of benzene rings is 8. The highest BCUT2D eigenvalue weighted by Crippen LogP contribution is 2.46. The number of hydrogen-bond donors (Lipinski definition) is 0. The summed E-state index contributed by atoms with van der Waals surface area (Å²) in [5.74, 6) is 0. The molecule has 0 amide bonds. The summed E-state index contributed by atoms with van der Waals surface area (Å²) < 4.78 is 6.37. The zero-order valence-corrected chi connectivity index (χ0v) is 23.4. The lowest BCUT2D eigenvalue weighted by Gasteiger charge is -2.19. The zero-order chi connectivity index (χ0) is 28.3. The van der Waals surface area contributed by atoms with E-state index < -0.39 is 0 Å². The van der Waals surface area contributed by atoms with Gasteiger partial charge in [-0.05, 0) is 96.0 Å². The van der Waals surface area contributed by atoms with Gasteiger partial charge in [0.05, 0.1) is 0 Å². The van der Waals surface area contributed by atoms with Crippen LogP contribution in [0.4, 0.5) is 0 Å². The van der Waals surface area contributed by atoms with E-state index in [9.17, 15) is 0 Å². The molecule has 8 aromatic carbocycles. The first kappa shape index (κ1) is 24.0. The molecule has 0 aliphatic rings. The molecule has 9 aromatic rings. The maximum absolute atomic E-state index is 6.37. The average Bonchev–Trinajstić information content (AvgIpc) is 3.43. The van der Waals surface area contributed by atoms with Crippen molar-refractivity contribution in [1.29, 1.82) is 0 Å². The van der Waals surface area contributed by atoms with Gasteiger partial charge in [-0.15, -0.1) is 0 Å². The quantitative estimate of drug-likeness (QED) is 0.201. The Kier molecular flexibility index (Phi) is 5.27. The third-order valence-electron chi connectivity index (χ3n) is 8.82. The van der Waals surface area contributed by atoms with E-state index in [2.05, 4.69) is 158 Å². The summed E-state index contributed by atoms with van der Waals surface area (Å²) in [6.07, 6.45) is 0. The topological polar surface area (TPSA) is 13.1 Å². The molecule has 0 spiro atoms. The Labute approximate surface area is 249 Å². The van der Waals surface area contributed by atoms with Crippen LogP contribution in [0.2, 0.25) is 0 Å². The molecule has 0 aliphatic heterocycles. The van der Waals surface area contributed by atoms with Gasteiger partial charge in [-0.25, -0.2) is 0 Å². The van der Waals surface area contributed by atoms with E-state index in [0.29, 0.717) is 0 Å². The Hall–Kier alpha value is -5.66. The summed E-state index contributed by atoms with van der Waals surface area (Å²) >= 11 is 0. The summed E-state index contributed by atoms with van der Waals surface area (Å²) in [5.41, 5.74) is 9.21. The van der Waals surface area contributed by atoms with Crippen LogP contribution in [-0.2, 0) is 0 Å². The molecule has 0 saturated carbocycles. The van der Waals surface area contributed by atoms with Gasteiger partial charge in [0.2, 0.25) is 0 Å². The van der Waals surface area contributed by atoms with E-state index in [0.717, 1.165) is 21.9 Å². The van der Waals surface area contributed by atoms with Crippen molar-refractivity contribution in [3.63, 3.8) is 0 Å². The smallest absolute Gasteiger partial charge is 0.136 e. The first-order valence-corrected chi connectivity index (χ1v) is 14.8. The van der Waals surface area contributed by atoms with Crippen molar-refractivity contribution in [3.8, 4) is 33.4 Å². The van der Waals surface area contributed by atoms with Gasteiger partial charge in [0.25, 0.3) is 0 Å². The molecule has 0 aliphatic carbocycles. The highest BCUT2D eigenvalue weighted by molar-refractivity contribution is 6.23. The molecule has 0 bridgehead atoms. The molecule has 200 valence electrons. The van der Waals surface area contributed by atoms with Crippen molar-refractivity contribution in [2.75, 3.05) is 0 Å². The lowest BCUT2D eigenvalue weighted by molar-refractivity contribution is 0.669. The van der Waals surface area contributed by atoms with Gasteiger partial charge in [-0.1, -0.05) is 127 Å². The highest BCUT2D eigenvalue weighted by Gasteiger charge is 2.18. The Morgan fingerprint density at radius 1 is 0.279 bits per heavy atom. The molecule has 0 saturated heterocycles. The lowest BCUT2D eigenvalue weighted by atomic mass is 9.84. The van der Waals surface area contributed by atoms with E-state index in [-0.39, 0.29) is 0 Å². The standard InChI is InChI=1S/C42H26O/c1-3-11-27(12-4-1)31-19-21-35-38(24-31)41(28-13-5-2-6-14-28)33-17-9-10-18-34(33)42(35)32-20-22-39-36(25-32)37-23-29-15-7-8-16-30(29)26-40(37)43-39/h1-26H. The SMILES string of the molecule is c1ccc(-c2ccc3c(-c4ccc5oc6cc7ccccc7cc6c5c4)c4ccccc4c(-c4ccccc4)c3c2)cc1. The number of fused-ring (bicyclic) bond motifs is 6. The van der Waals surface area contributed by atoms with Gasteiger partial charge >= 0.3 is 0 Å². The van der Waals surface area contributed by atoms with Gasteiger partial charge in [0.1, 0.15) is 11.2 Å². The summed E-state index contributed by atoms with van der Waals surface area (Å²) in [4.78, 5) is 0. The molecule has 0 radical (unpaired) electrons. The van der Waals surface area contributed by atoms with E-state index in [1.807, 2.05) is 0 Å². The summed E-state index contributed by atoms with van der Waals surface area (Å²) in [6, 6.07) is 56.9.